The van der Waals surface area contributed by atoms with Gasteiger partial charge in [0.05, 0.1) is 15.9 Å². The van der Waals surface area contributed by atoms with Crippen molar-refractivity contribution in [3.8, 4) is 0 Å². The SMILES string of the molecule is CCc1nn(CC)c(CC(=O)C2CCCC(C)C2)c1Br. The van der Waals surface area contributed by atoms with E-state index in [-0.39, 0.29) is 5.92 Å². The molecule has 2 atom stereocenters. The van der Waals surface area contributed by atoms with E-state index in [1.54, 1.807) is 0 Å². The van der Waals surface area contributed by atoms with Gasteiger partial charge >= 0.3 is 0 Å². The van der Waals surface area contributed by atoms with Crippen LogP contribution >= 0.6 is 15.9 Å². The van der Waals surface area contributed by atoms with Crippen LogP contribution in [0.15, 0.2) is 4.47 Å². The molecular formula is C16H25BrN2O. The highest BCUT2D eigenvalue weighted by molar-refractivity contribution is 9.10. The van der Waals surface area contributed by atoms with E-state index >= 15 is 0 Å². The van der Waals surface area contributed by atoms with Gasteiger partial charge in [-0.2, -0.15) is 5.10 Å². The largest absolute Gasteiger partial charge is 0.299 e. The van der Waals surface area contributed by atoms with Crippen LogP contribution in [0.3, 0.4) is 0 Å². The Bertz CT molecular complexity index is 481. The van der Waals surface area contributed by atoms with Crippen molar-refractivity contribution in [2.45, 2.75) is 65.8 Å². The first-order valence-corrected chi connectivity index (χ1v) is 8.62. The minimum Gasteiger partial charge on any atom is -0.299 e. The molecule has 1 fully saturated rings. The topological polar surface area (TPSA) is 34.9 Å². The number of halogens is 1. The van der Waals surface area contributed by atoms with Crippen LogP contribution in [0, 0.1) is 11.8 Å². The lowest BCUT2D eigenvalue weighted by molar-refractivity contribution is -0.123. The zero-order valence-electron chi connectivity index (χ0n) is 12.8. The number of hydrogen-bond acceptors (Lipinski definition) is 2. The molecular weight excluding hydrogens is 316 g/mol. The van der Waals surface area contributed by atoms with Gasteiger partial charge in [-0.05, 0) is 48.0 Å². The Balaban J connectivity index is 2.12. The Morgan fingerprint density at radius 2 is 2.15 bits per heavy atom. The Labute approximate surface area is 130 Å². The van der Waals surface area contributed by atoms with Gasteiger partial charge < -0.3 is 0 Å². The average molecular weight is 341 g/mol. The van der Waals surface area contributed by atoms with E-state index < -0.39 is 0 Å². The minimum absolute atomic E-state index is 0.260. The molecule has 2 rings (SSSR count). The number of carbonyl (C=O) groups is 1. The standard InChI is InChI=1S/C16H25BrN2O/c1-4-13-16(17)14(19(5-2)18-13)10-15(20)12-8-6-7-11(3)9-12/h11-12H,4-10H2,1-3H3. The lowest BCUT2D eigenvalue weighted by atomic mass is 9.79. The number of aryl methyl sites for hydroxylation is 2. The summed E-state index contributed by atoms with van der Waals surface area (Å²) in [6.07, 6.45) is 6.04. The van der Waals surface area contributed by atoms with Crippen LogP contribution in [0.4, 0.5) is 0 Å². The van der Waals surface area contributed by atoms with E-state index in [2.05, 4.69) is 41.8 Å². The molecule has 1 saturated carbocycles. The summed E-state index contributed by atoms with van der Waals surface area (Å²) in [5.41, 5.74) is 2.12. The Hall–Kier alpha value is -0.640. The molecule has 0 spiro atoms. The molecule has 0 aromatic carbocycles. The van der Waals surface area contributed by atoms with Crippen LogP contribution in [0.25, 0.3) is 0 Å². The molecule has 0 aliphatic heterocycles. The zero-order valence-corrected chi connectivity index (χ0v) is 14.4. The summed E-state index contributed by atoms with van der Waals surface area (Å²) in [7, 11) is 0. The number of aromatic nitrogens is 2. The highest BCUT2D eigenvalue weighted by Crippen LogP contribution is 2.31. The molecule has 20 heavy (non-hydrogen) atoms. The summed E-state index contributed by atoms with van der Waals surface area (Å²) >= 11 is 3.63. The van der Waals surface area contributed by atoms with Gasteiger partial charge in [-0.15, -0.1) is 0 Å². The van der Waals surface area contributed by atoms with Gasteiger partial charge in [0.25, 0.3) is 0 Å². The number of rotatable bonds is 5. The van der Waals surface area contributed by atoms with E-state index in [0.717, 1.165) is 41.7 Å². The fourth-order valence-electron chi connectivity index (χ4n) is 3.22. The predicted molar refractivity (Wildman–Crippen MR) is 84.8 cm³/mol. The van der Waals surface area contributed by atoms with Crippen LogP contribution in [-0.2, 0) is 24.2 Å². The molecule has 0 amide bonds. The van der Waals surface area contributed by atoms with E-state index in [1.807, 2.05) is 4.68 Å². The van der Waals surface area contributed by atoms with E-state index in [9.17, 15) is 4.79 Å². The lowest BCUT2D eigenvalue weighted by Gasteiger charge is -2.25. The third-order valence-electron chi connectivity index (χ3n) is 4.43. The minimum atomic E-state index is 0.260. The summed E-state index contributed by atoms with van der Waals surface area (Å²) < 4.78 is 3.02. The third kappa shape index (κ3) is 3.33. The first-order valence-electron chi connectivity index (χ1n) is 7.83. The molecule has 0 saturated heterocycles. The van der Waals surface area contributed by atoms with Crippen LogP contribution < -0.4 is 0 Å². The van der Waals surface area contributed by atoms with Crippen LogP contribution in [0.1, 0.15) is 57.8 Å². The van der Waals surface area contributed by atoms with Gasteiger partial charge in [0.1, 0.15) is 5.78 Å². The molecule has 1 aromatic heterocycles. The van der Waals surface area contributed by atoms with Crippen molar-refractivity contribution < 1.29 is 4.79 Å². The molecule has 0 N–H and O–H groups in total. The van der Waals surface area contributed by atoms with Crippen molar-refractivity contribution in [1.82, 2.24) is 9.78 Å². The van der Waals surface area contributed by atoms with Crippen molar-refractivity contribution in [1.29, 1.82) is 0 Å². The van der Waals surface area contributed by atoms with Crippen molar-refractivity contribution in [3.05, 3.63) is 15.9 Å². The van der Waals surface area contributed by atoms with Crippen molar-refractivity contribution in [3.63, 3.8) is 0 Å². The van der Waals surface area contributed by atoms with E-state index in [1.165, 1.54) is 12.8 Å². The fourth-order valence-corrected chi connectivity index (χ4v) is 3.93. The summed E-state index contributed by atoms with van der Waals surface area (Å²) in [6, 6.07) is 0. The van der Waals surface area contributed by atoms with E-state index in [4.69, 9.17) is 0 Å². The van der Waals surface area contributed by atoms with Gasteiger partial charge in [0.2, 0.25) is 0 Å². The van der Waals surface area contributed by atoms with Gasteiger partial charge in [-0.3, -0.25) is 9.48 Å². The van der Waals surface area contributed by atoms with Crippen LogP contribution in [-0.4, -0.2) is 15.6 Å². The second kappa shape index (κ2) is 6.88. The highest BCUT2D eigenvalue weighted by Gasteiger charge is 2.27. The summed E-state index contributed by atoms with van der Waals surface area (Å²) in [6.45, 7) is 7.26. The van der Waals surface area contributed by atoms with Crippen LogP contribution in [0.2, 0.25) is 0 Å². The zero-order chi connectivity index (χ0) is 14.7. The molecule has 1 heterocycles. The van der Waals surface area contributed by atoms with Crippen molar-refractivity contribution in [2.24, 2.45) is 11.8 Å². The smallest absolute Gasteiger partial charge is 0.141 e. The van der Waals surface area contributed by atoms with Crippen LogP contribution in [0.5, 0.6) is 0 Å². The maximum atomic E-state index is 12.6. The fraction of sp³-hybridized carbons (Fsp3) is 0.750. The second-order valence-electron chi connectivity index (χ2n) is 5.99. The molecule has 1 aliphatic rings. The molecule has 112 valence electrons. The Kier molecular flexibility index (Phi) is 5.42. The maximum Gasteiger partial charge on any atom is 0.141 e. The van der Waals surface area contributed by atoms with Gasteiger partial charge in [0, 0.05) is 18.9 Å². The van der Waals surface area contributed by atoms with Gasteiger partial charge in [-0.1, -0.05) is 26.7 Å². The molecule has 1 aromatic rings. The first kappa shape index (κ1) is 15.7. The lowest BCUT2D eigenvalue weighted by Crippen LogP contribution is -2.24. The van der Waals surface area contributed by atoms with Crippen molar-refractivity contribution in [2.75, 3.05) is 0 Å². The maximum absolute atomic E-state index is 12.6. The third-order valence-corrected chi connectivity index (χ3v) is 5.34. The molecule has 4 heteroatoms. The number of nitrogens with zero attached hydrogens (tertiary/aromatic N) is 2. The normalized spacial score (nSPS) is 23.0. The molecule has 1 aliphatic carbocycles. The molecule has 3 nitrogen and oxygen atoms in total. The molecule has 0 bridgehead atoms. The van der Waals surface area contributed by atoms with Crippen molar-refractivity contribution >= 4 is 21.7 Å². The predicted octanol–water partition coefficient (Wildman–Crippen LogP) is 4.17. The second-order valence-corrected chi connectivity index (χ2v) is 6.78. The number of hydrogen-bond donors (Lipinski definition) is 0. The van der Waals surface area contributed by atoms with Gasteiger partial charge in [-0.25, -0.2) is 0 Å². The number of Topliss-reactive ketones (excluding diaryl/α,β-unsaturated/α-hetero) is 1. The Morgan fingerprint density at radius 3 is 2.75 bits per heavy atom. The molecule has 2 unspecified atom stereocenters. The monoisotopic (exact) mass is 340 g/mol. The summed E-state index contributed by atoms with van der Waals surface area (Å²) in [5.74, 6) is 1.36. The summed E-state index contributed by atoms with van der Waals surface area (Å²) in [4.78, 5) is 12.6. The quantitative estimate of drug-likeness (QED) is 0.806. The molecule has 0 radical (unpaired) electrons. The number of carbonyl (C=O) groups excluding carboxylic acids is 1. The average Bonchev–Trinajstić information content (AvgIpc) is 2.75. The van der Waals surface area contributed by atoms with Gasteiger partial charge in [0.15, 0.2) is 0 Å². The Morgan fingerprint density at radius 1 is 1.40 bits per heavy atom. The van der Waals surface area contributed by atoms with E-state index in [0.29, 0.717) is 18.1 Å². The first-order chi connectivity index (χ1) is 9.56. The number of ketones is 1. The highest BCUT2D eigenvalue weighted by atomic mass is 79.9. The summed E-state index contributed by atoms with van der Waals surface area (Å²) in [5, 5.41) is 4.58.